The maximum atomic E-state index is 10.7. The van der Waals surface area contributed by atoms with E-state index in [1.807, 2.05) is 24.3 Å². The molecule has 0 aromatic heterocycles. The molecule has 0 unspecified atom stereocenters. The van der Waals surface area contributed by atoms with Crippen LogP contribution >= 0.6 is 8.69 Å². The van der Waals surface area contributed by atoms with Crippen LogP contribution < -0.4 is 0 Å². The SMILES string of the molecule is O=POCc1ccc([C@H]2C[C@H]2C(=O)O)cc1. The average Bonchev–Trinajstić information content (AvgIpc) is 3.07. The first-order chi connectivity index (χ1) is 7.72. The molecule has 4 nitrogen and oxygen atoms in total. The molecule has 16 heavy (non-hydrogen) atoms. The van der Waals surface area contributed by atoms with E-state index in [-0.39, 0.29) is 20.5 Å². The highest BCUT2D eigenvalue weighted by atomic mass is 31.1. The van der Waals surface area contributed by atoms with Crippen molar-refractivity contribution in [3.05, 3.63) is 35.4 Å². The third kappa shape index (κ3) is 2.46. The maximum Gasteiger partial charge on any atom is 0.327 e. The topological polar surface area (TPSA) is 63.6 Å². The summed E-state index contributed by atoms with van der Waals surface area (Å²) in [5.74, 6) is -0.782. The number of carboxylic acids is 1. The van der Waals surface area contributed by atoms with Gasteiger partial charge in [-0.25, -0.2) is 4.57 Å². The Bertz CT molecular complexity index is 401. The van der Waals surface area contributed by atoms with Gasteiger partial charge in [0.2, 0.25) is 0 Å². The van der Waals surface area contributed by atoms with E-state index < -0.39 is 5.97 Å². The van der Waals surface area contributed by atoms with Gasteiger partial charge >= 0.3 is 14.7 Å². The first-order valence-electron chi connectivity index (χ1n) is 4.98. The molecule has 5 heteroatoms. The van der Waals surface area contributed by atoms with E-state index in [4.69, 9.17) is 9.63 Å². The van der Waals surface area contributed by atoms with Crippen LogP contribution in [0.5, 0.6) is 0 Å². The van der Waals surface area contributed by atoms with Crippen molar-refractivity contribution in [3.8, 4) is 0 Å². The van der Waals surface area contributed by atoms with Crippen molar-refractivity contribution in [2.24, 2.45) is 5.92 Å². The number of rotatable bonds is 5. The Hall–Kier alpha value is -1.25. The van der Waals surface area contributed by atoms with E-state index in [0.717, 1.165) is 17.5 Å². The summed E-state index contributed by atoms with van der Waals surface area (Å²) in [5, 5.41) is 8.80. The minimum absolute atomic E-state index is 0.158. The van der Waals surface area contributed by atoms with Crippen molar-refractivity contribution in [1.82, 2.24) is 0 Å². The number of benzene rings is 1. The van der Waals surface area contributed by atoms with Gasteiger partial charge in [-0.2, -0.15) is 0 Å². The van der Waals surface area contributed by atoms with Crippen LogP contribution in [0.1, 0.15) is 23.5 Å². The first kappa shape index (κ1) is 11.2. The van der Waals surface area contributed by atoms with Crippen LogP contribution in [0.3, 0.4) is 0 Å². The molecular weight excluding hydrogens is 227 g/mol. The van der Waals surface area contributed by atoms with E-state index >= 15 is 0 Å². The van der Waals surface area contributed by atoms with E-state index in [1.54, 1.807) is 0 Å². The number of hydrogen-bond donors (Lipinski definition) is 1. The summed E-state index contributed by atoms with van der Waals surface area (Å²) >= 11 is 0. The second kappa shape index (κ2) is 4.73. The molecule has 1 saturated carbocycles. The summed E-state index contributed by atoms with van der Waals surface area (Å²) in [6.07, 6.45) is 0.727. The van der Waals surface area contributed by atoms with Gasteiger partial charge in [-0.3, -0.25) is 9.32 Å². The lowest BCUT2D eigenvalue weighted by Gasteiger charge is -2.01. The molecule has 0 amide bonds. The van der Waals surface area contributed by atoms with Crippen LogP contribution in [0.15, 0.2) is 24.3 Å². The van der Waals surface area contributed by atoms with Gasteiger partial charge in [0, 0.05) is 0 Å². The largest absolute Gasteiger partial charge is 0.481 e. The molecule has 0 aliphatic heterocycles. The van der Waals surface area contributed by atoms with Gasteiger partial charge in [0.1, 0.15) is 0 Å². The monoisotopic (exact) mass is 238 g/mol. The molecule has 2 atom stereocenters. The van der Waals surface area contributed by atoms with Crippen LogP contribution in [-0.4, -0.2) is 11.1 Å². The molecule has 1 aliphatic carbocycles. The fourth-order valence-corrected chi connectivity index (χ4v) is 2.00. The lowest BCUT2D eigenvalue weighted by atomic mass is 10.1. The molecule has 0 spiro atoms. The van der Waals surface area contributed by atoms with Crippen molar-refractivity contribution in [2.75, 3.05) is 0 Å². The van der Waals surface area contributed by atoms with Crippen molar-refractivity contribution in [1.29, 1.82) is 0 Å². The minimum atomic E-state index is -0.720. The van der Waals surface area contributed by atoms with Crippen molar-refractivity contribution < 1.29 is 19.0 Å². The minimum Gasteiger partial charge on any atom is -0.481 e. The summed E-state index contributed by atoms with van der Waals surface area (Å²) in [4.78, 5) is 10.7. The fraction of sp³-hybridized carbons (Fsp3) is 0.364. The van der Waals surface area contributed by atoms with Gasteiger partial charge in [0.05, 0.1) is 12.5 Å². The summed E-state index contributed by atoms with van der Waals surface area (Å²) in [6, 6.07) is 7.57. The average molecular weight is 238 g/mol. The van der Waals surface area contributed by atoms with Gasteiger partial charge in [-0.1, -0.05) is 24.3 Å². The third-order valence-corrected chi connectivity index (χ3v) is 3.03. The normalized spacial score (nSPS) is 23.2. The van der Waals surface area contributed by atoms with Crippen LogP contribution in [0, 0.1) is 5.92 Å². The first-order valence-corrected chi connectivity index (χ1v) is 5.71. The Labute approximate surface area is 94.5 Å². The van der Waals surface area contributed by atoms with Gasteiger partial charge in [0.15, 0.2) is 0 Å². The molecule has 1 aromatic carbocycles. The molecule has 1 aromatic rings. The molecular formula is C11H11O4P. The second-order valence-electron chi connectivity index (χ2n) is 3.88. The number of aliphatic carboxylic acids is 1. The smallest absolute Gasteiger partial charge is 0.327 e. The Morgan fingerprint density at radius 3 is 2.62 bits per heavy atom. The summed E-state index contributed by atoms with van der Waals surface area (Å²) in [7, 11) is -0.326. The van der Waals surface area contributed by atoms with Crippen molar-refractivity contribution in [3.63, 3.8) is 0 Å². The predicted octanol–water partition coefficient (Wildman–Crippen LogP) is 2.60. The molecule has 1 fully saturated rings. The second-order valence-corrected chi connectivity index (χ2v) is 4.28. The van der Waals surface area contributed by atoms with E-state index in [1.165, 1.54) is 0 Å². The van der Waals surface area contributed by atoms with Gasteiger partial charge < -0.3 is 5.11 Å². The molecule has 1 aliphatic rings. The molecule has 0 heterocycles. The van der Waals surface area contributed by atoms with E-state index in [2.05, 4.69) is 0 Å². The highest BCUT2D eigenvalue weighted by molar-refractivity contribution is 7.17. The van der Waals surface area contributed by atoms with Crippen molar-refractivity contribution in [2.45, 2.75) is 18.9 Å². The standard InChI is InChI=1S/C11H11O4P/c12-11(13)10-5-9(10)8-3-1-7(2-4-8)6-15-16-14/h1-4,9-10H,5-6H2,(H,12,13)/t9-,10-/m1/s1. The van der Waals surface area contributed by atoms with E-state index in [0.29, 0.717) is 6.61 Å². The molecule has 0 radical (unpaired) electrons. The quantitative estimate of drug-likeness (QED) is 0.801. The summed E-state index contributed by atoms with van der Waals surface area (Å²) in [5.41, 5.74) is 1.98. The van der Waals surface area contributed by atoms with Crippen molar-refractivity contribution >= 4 is 14.7 Å². The molecule has 0 bridgehead atoms. The molecule has 84 valence electrons. The van der Waals surface area contributed by atoms with Crippen LogP contribution in [0.4, 0.5) is 0 Å². The van der Waals surface area contributed by atoms with Crippen LogP contribution in [0.25, 0.3) is 0 Å². The van der Waals surface area contributed by atoms with Crippen LogP contribution in [-0.2, 0) is 20.5 Å². The Kier molecular flexibility index (Phi) is 3.32. The summed E-state index contributed by atoms with van der Waals surface area (Å²) < 4.78 is 14.8. The number of hydrogen-bond acceptors (Lipinski definition) is 3. The predicted molar refractivity (Wildman–Crippen MR) is 57.3 cm³/mol. The van der Waals surface area contributed by atoms with Gasteiger partial charge in [0.25, 0.3) is 0 Å². The Morgan fingerprint density at radius 2 is 2.12 bits per heavy atom. The van der Waals surface area contributed by atoms with Gasteiger partial charge in [-0.05, 0) is 23.5 Å². The molecule has 1 N–H and O–H groups in total. The van der Waals surface area contributed by atoms with Crippen LogP contribution in [0.2, 0.25) is 0 Å². The highest BCUT2D eigenvalue weighted by Gasteiger charge is 2.43. The molecule has 2 rings (SSSR count). The lowest BCUT2D eigenvalue weighted by Crippen LogP contribution is -1.98. The molecule has 0 saturated heterocycles. The maximum absolute atomic E-state index is 10.7. The Morgan fingerprint density at radius 1 is 1.44 bits per heavy atom. The van der Waals surface area contributed by atoms with Gasteiger partial charge in [-0.15, -0.1) is 0 Å². The van der Waals surface area contributed by atoms with E-state index in [9.17, 15) is 9.36 Å². The zero-order chi connectivity index (χ0) is 11.5. The number of carboxylic acid groups (broad SMARTS) is 1. The Balaban J connectivity index is 1.98. The third-order valence-electron chi connectivity index (χ3n) is 2.80. The highest BCUT2D eigenvalue weighted by Crippen LogP contribution is 2.47. The zero-order valence-corrected chi connectivity index (χ0v) is 9.39. The fourth-order valence-electron chi connectivity index (χ4n) is 1.80. The zero-order valence-electron chi connectivity index (χ0n) is 8.50. The summed E-state index contributed by atoms with van der Waals surface area (Å²) in [6.45, 7) is 0.304. The number of carbonyl (C=O) groups is 1. The lowest BCUT2D eigenvalue weighted by molar-refractivity contribution is -0.138.